The molecule has 0 aliphatic heterocycles. The van der Waals surface area contributed by atoms with Gasteiger partial charge in [-0.05, 0) is 64.2 Å². The number of aliphatic hydroxyl groups is 2. The summed E-state index contributed by atoms with van der Waals surface area (Å²) in [5.74, 6) is -0.0318. The Morgan fingerprint density at radius 3 is 0.943 bits per heavy atom. The van der Waals surface area contributed by atoms with Crippen LogP contribution in [0.4, 0.5) is 0 Å². The van der Waals surface area contributed by atoms with Gasteiger partial charge in [0, 0.05) is 6.42 Å². The highest BCUT2D eigenvalue weighted by Gasteiger charge is 2.20. The summed E-state index contributed by atoms with van der Waals surface area (Å²) in [4.78, 5) is 12.5. The second-order valence-electron chi connectivity index (χ2n) is 21.1. The standard InChI is InChI=1S/C66H121NO3/c1-3-5-7-9-11-13-15-17-19-21-23-25-27-29-31-32-33-34-36-38-40-42-44-46-48-50-52-54-56-58-60-62-66(70)67-64(63-68)65(69)61-59-57-55-53-51-49-47-45-43-41-39-37-35-30-28-26-24-22-20-18-16-14-12-10-8-6-4-2/h5,7,11,13,17,19,23,25,29,31,33-34,64-65,68-69H,3-4,6,8-10,12,14-16,18,20-22,24,26-28,30,32,35-63H2,1-2H3,(H,67,70)/b7-5-,13-11-,19-17-,25-23-,31-29-,34-33-. The van der Waals surface area contributed by atoms with E-state index < -0.39 is 12.1 Å². The van der Waals surface area contributed by atoms with Crippen LogP contribution in [0.25, 0.3) is 0 Å². The van der Waals surface area contributed by atoms with E-state index >= 15 is 0 Å². The Labute approximate surface area is 438 Å². The molecular formula is C66H121NO3. The first-order chi connectivity index (χ1) is 34.7. The number of rotatable bonds is 57. The van der Waals surface area contributed by atoms with Gasteiger partial charge in [-0.25, -0.2) is 0 Å². The van der Waals surface area contributed by atoms with E-state index in [1.54, 1.807) is 0 Å². The van der Waals surface area contributed by atoms with Crippen molar-refractivity contribution in [2.75, 3.05) is 6.61 Å². The van der Waals surface area contributed by atoms with E-state index in [4.69, 9.17) is 0 Å². The van der Waals surface area contributed by atoms with Crippen molar-refractivity contribution in [3.8, 4) is 0 Å². The first-order valence-corrected chi connectivity index (χ1v) is 31.1. The largest absolute Gasteiger partial charge is 0.394 e. The van der Waals surface area contributed by atoms with Crippen LogP contribution in [0, 0.1) is 0 Å². The summed E-state index contributed by atoms with van der Waals surface area (Å²) in [7, 11) is 0. The van der Waals surface area contributed by atoms with Crippen LogP contribution >= 0.6 is 0 Å². The molecule has 2 unspecified atom stereocenters. The van der Waals surface area contributed by atoms with Gasteiger partial charge < -0.3 is 15.5 Å². The molecule has 0 aromatic rings. The highest BCUT2D eigenvalue weighted by atomic mass is 16.3. The van der Waals surface area contributed by atoms with Gasteiger partial charge in [-0.2, -0.15) is 0 Å². The van der Waals surface area contributed by atoms with Gasteiger partial charge in [-0.1, -0.05) is 324 Å². The summed E-state index contributed by atoms with van der Waals surface area (Å²) in [6, 6.07) is -0.542. The molecule has 1 amide bonds. The number of aliphatic hydroxyl groups excluding tert-OH is 2. The van der Waals surface area contributed by atoms with Gasteiger partial charge in [0.15, 0.2) is 0 Å². The molecule has 0 fully saturated rings. The lowest BCUT2D eigenvalue weighted by atomic mass is 10.0. The van der Waals surface area contributed by atoms with Gasteiger partial charge in [0.1, 0.15) is 0 Å². The summed E-state index contributed by atoms with van der Waals surface area (Å²) < 4.78 is 0. The van der Waals surface area contributed by atoms with Crippen LogP contribution in [0.3, 0.4) is 0 Å². The number of hydrogen-bond donors (Lipinski definition) is 3. The molecule has 2 atom stereocenters. The van der Waals surface area contributed by atoms with Crippen LogP contribution < -0.4 is 5.32 Å². The molecule has 70 heavy (non-hydrogen) atoms. The molecule has 0 saturated carbocycles. The molecule has 0 saturated heterocycles. The minimum absolute atomic E-state index is 0.0318. The molecular weight excluding hydrogens is 855 g/mol. The third-order valence-electron chi connectivity index (χ3n) is 14.2. The van der Waals surface area contributed by atoms with Crippen LogP contribution in [0.2, 0.25) is 0 Å². The molecule has 0 spiro atoms. The number of hydrogen-bond acceptors (Lipinski definition) is 3. The van der Waals surface area contributed by atoms with E-state index in [1.165, 1.54) is 231 Å². The van der Waals surface area contributed by atoms with Crippen LogP contribution in [0.15, 0.2) is 72.9 Å². The van der Waals surface area contributed by atoms with Crippen molar-refractivity contribution in [3.05, 3.63) is 72.9 Å². The number of nitrogens with one attached hydrogen (secondary N) is 1. The minimum Gasteiger partial charge on any atom is -0.394 e. The fraction of sp³-hybridized carbons (Fsp3) is 0.803. The van der Waals surface area contributed by atoms with Crippen molar-refractivity contribution in [3.63, 3.8) is 0 Å². The summed E-state index contributed by atoms with van der Waals surface area (Å²) in [6.07, 6.45) is 87.7. The number of allylic oxidation sites excluding steroid dienone is 12. The van der Waals surface area contributed by atoms with E-state index in [9.17, 15) is 15.0 Å². The van der Waals surface area contributed by atoms with Crippen LogP contribution in [0.1, 0.15) is 322 Å². The molecule has 408 valence electrons. The van der Waals surface area contributed by atoms with Crippen molar-refractivity contribution in [2.45, 2.75) is 334 Å². The Bertz CT molecular complexity index is 1200. The summed E-state index contributed by atoms with van der Waals surface area (Å²) >= 11 is 0. The maximum absolute atomic E-state index is 12.5. The third kappa shape index (κ3) is 56.7. The molecule has 0 aromatic carbocycles. The Kier molecular flexibility index (Phi) is 59.2. The molecule has 4 heteroatoms. The second kappa shape index (κ2) is 61.1. The van der Waals surface area contributed by atoms with Gasteiger partial charge >= 0.3 is 0 Å². The fourth-order valence-corrected chi connectivity index (χ4v) is 9.54. The van der Waals surface area contributed by atoms with E-state index in [2.05, 4.69) is 92.1 Å². The molecule has 4 nitrogen and oxygen atoms in total. The number of carbonyl (C=O) groups is 1. The average molecular weight is 977 g/mol. The highest BCUT2D eigenvalue weighted by molar-refractivity contribution is 5.76. The van der Waals surface area contributed by atoms with Crippen molar-refractivity contribution < 1.29 is 15.0 Å². The molecule has 3 N–H and O–H groups in total. The number of amides is 1. The Morgan fingerprint density at radius 2 is 0.629 bits per heavy atom. The molecule has 0 aliphatic carbocycles. The average Bonchev–Trinajstić information content (AvgIpc) is 3.36. The quantitative estimate of drug-likeness (QED) is 0.0420. The lowest BCUT2D eigenvalue weighted by molar-refractivity contribution is -0.123. The SMILES string of the molecule is CC/C=C\C/C=C\C/C=C\C/C=C\C/C=C\C/C=C\CCCCCCCCCCCCCCC(=O)NC(CO)C(O)CCCCCCCCCCCCCCCCCCCCCCCCCCCCC. The summed E-state index contributed by atoms with van der Waals surface area (Å²) in [5.41, 5.74) is 0. The predicted octanol–water partition coefficient (Wildman–Crippen LogP) is 20.9. The maximum Gasteiger partial charge on any atom is 0.220 e. The third-order valence-corrected chi connectivity index (χ3v) is 14.2. The first kappa shape index (κ1) is 67.8. The lowest BCUT2D eigenvalue weighted by Gasteiger charge is -2.22. The number of unbranched alkanes of at least 4 members (excludes halogenated alkanes) is 38. The van der Waals surface area contributed by atoms with Gasteiger partial charge in [0.25, 0.3) is 0 Å². The number of carbonyl (C=O) groups excluding carboxylic acids is 1. The second-order valence-corrected chi connectivity index (χ2v) is 21.1. The molecule has 0 aromatic heterocycles. The van der Waals surface area contributed by atoms with E-state index in [0.717, 1.165) is 64.2 Å². The molecule has 0 rings (SSSR count). The highest BCUT2D eigenvalue weighted by Crippen LogP contribution is 2.18. The van der Waals surface area contributed by atoms with Gasteiger partial charge in [-0.3, -0.25) is 4.79 Å². The van der Waals surface area contributed by atoms with Gasteiger partial charge in [-0.15, -0.1) is 0 Å². The van der Waals surface area contributed by atoms with Crippen molar-refractivity contribution in [1.82, 2.24) is 5.32 Å². The maximum atomic E-state index is 12.5. The molecule has 0 heterocycles. The van der Waals surface area contributed by atoms with Crippen LogP contribution in [-0.4, -0.2) is 34.9 Å². The van der Waals surface area contributed by atoms with Gasteiger partial charge in [0.2, 0.25) is 5.91 Å². The van der Waals surface area contributed by atoms with E-state index in [0.29, 0.717) is 12.8 Å². The lowest BCUT2D eigenvalue weighted by Crippen LogP contribution is -2.45. The molecule has 0 bridgehead atoms. The first-order valence-electron chi connectivity index (χ1n) is 31.1. The fourth-order valence-electron chi connectivity index (χ4n) is 9.54. The predicted molar refractivity (Wildman–Crippen MR) is 313 cm³/mol. The van der Waals surface area contributed by atoms with Crippen molar-refractivity contribution in [2.24, 2.45) is 0 Å². The van der Waals surface area contributed by atoms with Crippen molar-refractivity contribution in [1.29, 1.82) is 0 Å². The molecule has 0 aliphatic rings. The topological polar surface area (TPSA) is 69.6 Å². The normalized spacial score (nSPS) is 13.3. The Balaban J connectivity index is 3.47. The monoisotopic (exact) mass is 976 g/mol. The zero-order valence-electron chi connectivity index (χ0n) is 47.0. The van der Waals surface area contributed by atoms with E-state index in [-0.39, 0.29) is 12.5 Å². The van der Waals surface area contributed by atoms with E-state index in [1.807, 2.05) is 0 Å². The van der Waals surface area contributed by atoms with Crippen molar-refractivity contribution >= 4 is 5.91 Å². The minimum atomic E-state index is -0.665. The van der Waals surface area contributed by atoms with Crippen LogP contribution in [-0.2, 0) is 4.79 Å². The summed E-state index contributed by atoms with van der Waals surface area (Å²) in [6.45, 7) is 4.27. The Morgan fingerprint density at radius 1 is 0.357 bits per heavy atom. The zero-order chi connectivity index (χ0) is 50.6. The van der Waals surface area contributed by atoms with Gasteiger partial charge in [0.05, 0.1) is 18.8 Å². The molecule has 0 radical (unpaired) electrons. The van der Waals surface area contributed by atoms with Crippen LogP contribution in [0.5, 0.6) is 0 Å². The zero-order valence-corrected chi connectivity index (χ0v) is 47.0. The summed E-state index contributed by atoms with van der Waals surface area (Å²) in [5, 5.41) is 23.4. The Hall–Kier alpha value is -2.17. The smallest absolute Gasteiger partial charge is 0.220 e.